The topological polar surface area (TPSA) is 98.9 Å². The molecular weight excluding hydrogens is 430 g/mol. The van der Waals surface area contributed by atoms with Gasteiger partial charge in [0.05, 0.1) is 24.9 Å². The number of benzene rings is 1. The van der Waals surface area contributed by atoms with E-state index in [1.807, 2.05) is 22.9 Å². The van der Waals surface area contributed by atoms with Gasteiger partial charge in [-0.25, -0.2) is 19.3 Å². The highest BCUT2D eigenvalue weighted by Crippen LogP contribution is 2.35. The predicted molar refractivity (Wildman–Crippen MR) is 128 cm³/mol. The van der Waals surface area contributed by atoms with Gasteiger partial charge in [0, 0.05) is 24.3 Å². The van der Waals surface area contributed by atoms with Crippen molar-refractivity contribution in [2.45, 2.75) is 37.8 Å². The fourth-order valence-corrected chi connectivity index (χ4v) is 4.81. The normalized spacial score (nSPS) is 18.0. The number of anilines is 2. The van der Waals surface area contributed by atoms with Gasteiger partial charge >= 0.3 is 0 Å². The highest BCUT2D eigenvalue weighted by molar-refractivity contribution is 5.77. The summed E-state index contributed by atoms with van der Waals surface area (Å²) >= 11 is 0. The minimum Gasteiger partial charge on any atom is -0.380 e. The van der Waals surface area contributed by atoms with Gasteiger partial charge < -0.3 is 15.4 Å². The molecule has 0 bridgehead atoms. The van der Waals surface area contributed by atoms with Crippen LogP contribution in [0.3, 0.4) is 0 Å². The largest absolute Gasteiger partial charge is 0.380 e. The summed E-state index contributed by atoms with van der Waals surface area (Å²) in [6.45, 7) is 3.25. The zero-order valence-corrected chi connectivity index (χ0v) is 18.7. The van der Waals surface area contributed by atoms with Crippen molar-refractivity contribution in [1.82, 2.24) is 29.6 Å². The van der Waals surface area contributed by atoms with E-state index in [4.69, 9.17) is 14.7 Å². The standard InChI is InChI=1S/C25H25N7O2/c33-24-20-12-27-25(28-18-5-4-15-8-9-26-11-16(15)10-18)30-23(20)32(31(24)19-6-7-19)22-3-1-2-21(29-22)17-13-34-14-17/h1-5,10,12,17,19,26H,6-9,11,13-14H2,(H,27,28,30). The maximum Gasteiger partial charge on any atom is 0.278 e. The Labute approximate surface area is 195 Å². The molecule has 172 valence electrons. The van der Waals surface area contributed by atoms with Crippen LogP contribution in [0.25, 0.3) is 16.9 Å². The lowest BCUT2D eigenvalue weighted by Crippen LogP contribution is -2.27. The van der Waals surface area contributed by atoms with Crippen LogP contribution < -0.4 is 16.2 Å². The van der Waals surface area contributed by atoms with Gasteiger partial charge in [-0.05, 0) is 61.2 Å². The number of hydrogen-bond donors (Lipinski definition) is 2. The molecule has 2 N–H and O–H groups in total. The predicted octanol–water partition coefficient (Wildman–Crippen LogP) is 2.82. The molecule has 0 radical (unpaired) electrons. The third-order valence-corrected chi connectivity index (χ3v) is 6.89. The summed E-state index contributed by atoms with van der Waals surface area (Å²) in [7, 11) is 0. The highest BCUT2D eigenvalue weighted by atomic mass is 16.5. The summed E-state index contributed by atoms with van der Waals surface area (Å²) in [5, 5.41) is 7.25. The zero-order chi connectivity index (χ0) is 22.6. The van der Waals surface area contributed by atoms with Crippen molar-refractivity contribution in [3.63, 3.8) is 0 Å². The van der Waals surface area contributed by atoms with Crippen LogP contribution in [0.1, 0.15) is 41.6 Å². The Morgan fingerprint density at radius 1 is 1.09 bits per heavy atom. The summed E-state index contributed by atoms with van der Waals surface area (Å²) < 4.78 is 9.03. The van der Waals surface area contributed by atoms with Gasteiger partial charge in [-0.15, -0.1) is 0 Å². The average molecular weight is 456 g/mol. The van der Waals surface area contributed by atoms with E-state index in [2.05, 4.69) is 33.8 Å². The first-order valence-electron chi connectivity index (χ1n) is 11.9. The molecule has 3 aliphatic rings. The molecule has 1 saturated heterocycles. The first-order valence-corrected chi connectivity index (χ1v) is 11.9. The number of nitrogens with one attached hydrogen (secondary N) is 2. The minimum absolute atomic E-state index is 0.0666. The Bertz CT molecular complexity index is 1470. The molecule has 0 spiro atoms. The Morgan fingerprint density at radius 3 is 2.82 bits per heavy atom. The summed E-state index contributed by atoms with van der Waals surface area (Å²) in [5.41, 5.74) is 5.08. The Balaban J connectivity index is 1.32. The van der Waals surface area contributed by atoms with Gasteiger partial charge in [0.1, 0.15) is 5.39 Å². The lowest BCUT2D eigenvalue weighted by molar-refractivity contribution is 0.00670. The van der Waals surface area contributed by atoms with Crippen molar-refractivity contribution in [2.75, 3.05) is 25.1 Å². The van der Waals surface area contributed by atoms with Gasteiger partial charge in [0.25, 0.3) is 5.56 Å². The van der Waals surface area contributed by atoms with Crippen LogP contribution in [0.15, 0.2) is 47.4 Å². The van der Waals surface area contributed by atoms with E-state index in [9.17, 15) is 4.79 Å². The van der Waals surface area contributed by atoms with Crippen LogP contribution in [-0.4, -0.2) is 44.1 Å². The van der Waals surface area contributed by atoms with Gasteiger partial charge in [-0.3, -0.25) is 4.79 Å². The lowest BCUT2D eigenvalue weighted by Gasteiger charge is -2.25. The van der Waals surface area contributed by atoms with Crippen LogP contribution in [0.5, 0.6) is 0 Å². The second-order valence-electron chi connectivity index (χ2n) is 9.31. The van der Waals surface area contributed by atoms with E-state index < -0.39 is 0 Å². The number of rotatable bonds is 5. The van der Waals surface area contributed by atoms with E-state index in [1.54, 1.807) is 10.9 Å². The Hall–Kier alpha value is -3.56. The third kappa shape index (κ3) is 3.31. The van der Waals surface area contributed by atoms with Crippen LogP contribution in [0, 0.1) is 0 Å². The second-order valence-corrected chi connectivity index (χ2v) is 9.31. The molecule has 4 aromatic rings. The van der Waals surface area contributed by atoms with E-state index in [0.717, 1.165) is 43.7 Å². The fourth-order valence-electron chi connectivity index (χ4n) is 4.81. The molecule has 1 saturated carbocycles. The maximum atomic E-state index is 13.3. The highest BCUT2D eigenvalue weighted by Gasteiger charge is 2.31. The van der Waals surface area contributed by atoms with Gasteiger partial charge in [0.2, 0.25) is 5.95 Å². The van der Waals surface area contributed by atoms with Crippen LogP contribution in [0.2, 0.25) is 0 Å². The molecule has 3 aromatic heterocycles. The molecule has 9 nitrogen and oxygen atoms in total. The molecule has 2 aliphatic heterocycles. The van der Waals surface area contributed by atoms with Crippen LogP contribution in [0.4, 0.5) is 11.6 Å². The summed E-state index contributed by atoms with van der Waals surface area (Å²) in [5.74, 6) is 1.46. The van der Waals surface area contributed by atoms with Gasteiger partial charge in [-0.2, -0.15) is 4.98 Å². The van der Waals surface area contributed by atoms with Crippen LogP contribution >= 0.6 is 0 Å². The number of nitrogens with zero attached hydrogens (tertiary/aromatic N) is 5. The van der Waals surface area contributed by atoms with Crippen molar-refractivity contribution < 1.29 is 4.74 Å². The molecule has 1 aromatic carbocycles. The lowest BCUT2D eigenvalue weighted by atomic mass is 10.0. The number of fused-ring (bicyclic) bond motifs is 2. The zero-order valence-electron chi connectivity index (χ0n) is 18.7. The number of hydrogen-bond acceptors (Lipinski definition) is 7. The van der Waals surface area contributed by atoms with Crippen molar-refractivity contribution in [3.8, 4) is 5.82 Å². The van der Waals surface area contributed by atoms with Crippen molar-refractivity contribution in [3.05, 3.63) is 69.8 Å². The van der Waals surface area contributed by atoms with E-state index in [1.165, 1.54) is 11.1 Å². The molecule has 0 amide bonds. The third-order valence-electron chi connectivity index (χ3n) is 6.89. The minimum atomic E-state index is -0.0666. The van der Waals surface area contributed by atoms with E-state index in [0.29, 0.717) is 41.9 Å². The molecule has 34 heavy (non-hydrogen) atoms. The molecule has 0 atom stereocenters. The Kier molecular flexibility index (Phi) is 4.53. The second kappa shape index (κ2) is 7.75. The van der Waals surface area contributed by atoms with Gasteiger partial charge in [-0.1, -0.05) is 12.1 Å². The quantitative estimate of drug-likeness (QED) is 0.477. The monoisotopic (exact) mass is 455 g/mol. The summed E-state index contributed by atoms with van der Waals surface area (Å²) in [6, 6.07) is 12.5. The van der Waals surface area contributed by atoms with Crippen molar-refractivity contribution in [2.24, 2.45) is 0 Å². The SMILES string of the molecule is O=c1c2cnc(Nc3ccc4c(c3)CNCC4)nc2n(-c2cccc(C3COC3)n2)n1C1CC1. The first-order chi connectivity index (χ1) is 16.7. The molecule has 9 heteroatoms. The average Bonchev–Trinajstić information content (AvgIpc) is 3.62. The molecule has 0 unspecified atom stereocenters. The number of pyridine rings is 1. The maximum absolute atomic E-state index is 13.3. The van der Waals surface area contributed by atoms with Crippen LogP contribution in [-0.2, 0) is 17.7 Å². The summed E-state index contributed by atoms with van der Waals surface area (Å²) in [6.07, 6.45) is 4.63. The number of ether oxygens (including phenoxy) is 1. The first kappa shape index (κ1) is 19.9. The van der Waals surface area contributed by atoms with E-state index >= 15 is 0 Å². The molecular formula is C25H25N7O2. The Morgan fingerprint density at radius 2 is 2.00 bits per heavy atom. The molecule has 1 aliphatic carbocycles. The molecule has 5 heterocycles. The molecule has 2 fully saturated rings. The van der Waals surface area contributed by atoms with Crippen molar-refractivity contribution >= 4 is 22.7 Å². The van der Waals surface area contributed by atoms with Gasteiger partial charge in [0.15, 0.2) is 11.5 Å². The van der Waals surface area contributed by atoms with E-state index in [-0.39, 0.29) is 11.6 Å². The summed E-state index contributed by atoms with van der Waals surface area (Å²) in [4.78, 5) is 27.5. The van der Waals surface area contributed by atoms with Crippen molar-refractivity contribution in [1.29, 1.82) is 0 Å². The fraction of sp³-hybridized carbons (Fsp3) is 0.360. The number of aromatic nitrogens is 5. The smallest absolute Gasteiger partial charge is 0.278 e. The molecule has 7 rings (SSSR count).